The first-order valence-electron chi connectivity index (χ1n) is 8.38. The zero-order valence-electron chi connectivity index (χ0n) is 13.2. The number of benzene rings is 1. The average Bonchev–Trinajstić information content (AvgIpc) is 3.31. The number of nitrogens with one attached hydrogen (secondary N) is 1. The summed E-state index contributed by atoms with van der Waals surface area (Å²) in [6, 6.07) is 7.11. The van der Waals surface area contributed by atoms with Gasteiger partial charge in [-0.2, -0.15) is 0 Å². The molecule has 0 radical (unpaired) electrons. The van der Waals surface area contributed by atoms with Crippen LogP contribution in [-0.4, -0.2) is 19.1 Å². The Labute approximate surface area is 133 Å². The SMILES string of the molecule is CC(C)NCc1ccc(N(CC2CC2)CC2CC2)cc1Cl. The predicted molar refractivity (Wildman–Crippen MR) is 91.1 cm³/mol. The normalized spacial score (nSPS) is 18.3. The molecule has 3 rings (SSSR count). The molecule has 116 valence electrons. The second kappa shape index (κ2) is 6.58. The van der Waals surface area contributed by atoms with Crippen LogP contribution in [0, 0.1) is 11.8 Å². The van der Waals surface area contributed by atoms with E-state index in [2.05, 4.69) is 42.3 Å². The van der Waals surface area contributed by atoms with Crippen LogP contribution in [0.1, 0.15) is 45.1 Å². The molecule has 2 aliphatic rings. The number of rotatable bonds is 8. The molecule has 0 spiro atoms. The molecule has 21 heavy (non-hydrogen) atoms. The van der Waals surface area contributed by atoms with Crippen molar-refractivity contribution >= 4 is 17.3 Å². The van der Waals surface area contributed by atoms with E-state index in [1.807, 2.05) is 0 Å². The fourth-order valence-electron chi connectivity index (χ4n) is 2.70. The molecule has 1 aromatic rings. The van der Waals surface area contributed by atoms with Gasteiger partial charge in [-0.05, 0) is 55.2 Å². The summed E-state index contributed by atoms with van der Waals surface area (Å²) < 4.78 is 0. The van der Waals surface area contributed by atoms with Crippen molar-refractivity contribution in [1.29, 1.82) is 0 Å². The van der Waals surface area contributed by atoms with E-state index in [0.717, 1.165) is 23.4 Å². The minimum atomic E-state index is 0.488. The van der Waals surface area contributed by atoms with Crippen molar-refractivity contribution in [2.75, 3.05) is 18.0 Å². The molecule has 2 nitrogen and oxygen atoms in total. The van der Waals surface area contributed by atoms with Crippen LogP contribution in [0.3, 0.4) is 0 Å². The third-order valence-electron chi connectivity index (χ3n) is 4.45. The molecule has 0 saturated heterocycles. The minimum Gasteiger partial charge on any atom is -0.371 e. The van der Waals surface area contributed by atoms with Crippen LogP contribution < -0.4 is 10.2 Å². The molecule has 1 aromatic carbocycles. The summed E-state index contributed by atoms with van der Waals surface area (Å²) in [6.45, 7) is 7.61. The van der Waals surface area contributed by atoms with Crippen LogP contribution in [0.4, 0.5) is 5.69 Å². The average molecular weight is 307 g/mol. The Balaban J connectivity index is 1.68. The van der Waals surface area contributed by atoms with Crippen LogP contribution in [0.15, 0.2) is 18.2 Å². The number of halogens is 1. The summed E-state index contributed by atoms with van der Waals surface area (Å²) in [4.78, 5) is 2.57. The van der Waals surface area contributed by atoms with Crippen molar-refractivity contribution < 1.29 is 0 Å². The molecule has 0 aromatic heterocycles. The highest BCUT2D eigenvalue weighted by atomic mass is 35.5. The van der Waals surface area contributed by atoms with E-state index >= 15 is 0 Å². The molecule has 0 aliphatic heterocycles. The first-order chi connectivity index (χ1) is 10.1. The maximum Gasteiger partial charge on any atom is 0.0471 e. The fraction of sp³-hybridized carbons (Fsp3) is 0.667. The molecular formula is C18H27ClN2. The van der Waals surface area contributed by atoms with Gasteiger partial charge in [0.05, 0.1) is 0 Å². The van der Waals surface area contributed by atoms with Crippen LogP contribution in [0.5, 0.6) is 0 Å². The Morgan fingerprint density at radius 2 is 1.76 bits per heavy atom. The van der Waals surface area contributed by atoms with Gasteiger partial charge in [-0.3, -0.25) is 0 Å². The molecule has 0 heterocycles. The van der Waals surface area contributed by atoms with Crippen LogP contribution in [-0.2, 0) is 6.54 Å². The van der Waals surface area contributed by atoms with Gasteiger partial charge in [-0.25, -0.2) is 0 Å². The van der Waals surface area contributed by atoms with E-state index in [-0.39, 0.29) is 0 Å². The number of hydrogen-bond donors (Lipinski definition) is 1. The summed E-state index contributed by atoms with van der Waals surface area (Å²) >= 11 is 6.49. The first kappa shape index (κ1) is 15.2. The molecule has 2 fully saturated rings. The number of nitrogens with zero attached hydrogens (tertiary/aromatic N) is 1. The van der Waals surface area contributed by atoms with E-state index in [4.69, 9.17) is 11.6 Å². The highest BCUT2D eigenvalue weighted by Gasteiger charge is 2.29. The Bertz CT molecular complexity index is 464. The van der Waals surface area contributed by atoms with E-state index in [1.54, 1.807) is 0 Å². The molecule has 0 atom stereocenters. The van der Waals surface area contributed by atoms with Crippen LogP contribution in [0.2, 0.25) is 5.02 Å². The van der Waals surface area contributed by atoms with Gasteiger partial charge in [-0.1, -0.05) is 31.5 Å². The Morgan fingerprint density at radius 1 is 1.14 bits per heavy atom. The minimum absolute atomic E-state index is 0.488. The summed E-state index contributed by atoms with van der Waals surface area (Å²) in [5.41, 5.74) is 2.51. The summed E-state index contributed by atoms with van der Waals surface area (Å²) in [5, 5.41) is 4.34. The maximum absolute atomic E-state index is 6.49. The number of anilines is 1. The van der Waals surface area contributed by atoms with E-state index < -0.39 is 0 Å². The summed E-state index contributed by atoms with van der Waals surface area (Å²) in [6.07, 6.45) is 5.63. The van der Waals surface area contributed by atoms with Crippen molar-refractivity contribution in [1.82, 2.24) is 5.32 Å². The van der Waals surface area contributed by atoms with Gasteiger partial charge in [0.15, 0.2) is 0 Å². The van der Waals surface area contributed by atoms with Gasteiger partial charge in [0.25, 0.3) is 0 Å². The molecule has 2 saturated carbocycles. The lowest BCUT2D eigenvalue weighted by Gasteiger charge is -2.25. The maximum atomic E-state index is 6.49. The van der Waals surface area contributed by atoms with E-state index in [1.165, 1.54) is 50.0 Å². The van der Waals surface area contributed by atoms with E-state index in [9.17, 15) is 0 Å². The van der Waals surface area contributed by atoms with Crippen molar-refractivity contribution in [3.63, 3.8) is 0 Å². The molecule has 1 N–H and O–H groups in total. The third kappa shape index (κ3) is 4.62. The molecule has 2 aliphatic carbocycles. The Kier molecular flexibility index (Phi) is 4.75. The van der Waals surface area contributed by atoms with Gasteiger partial charge >= 0.3 is 0 Å². The summed E-state index contributed by atoms with van der Waals surface area (Å²) in [5.74, 6) is 1.84. The largest absolute Gasteiger partial charge is 0.371 e. The Morgan fingerprint density at radius 3 is 2.24 bits per heavy atom. The Hall–Kier alpha value is -0.730. The van der Waals surface area contributed by atoms with Crippen molar-refractivity contribution in [2.45, 2.75) is 52.1 Å². The lowest BCUT2D eigenvalue weighted by molar-refractivity contribution is 0.589. The zero-order valence-corrected chi connectivity index (χ0v) is 14.0. The second-order valence-corrected chi connectivity index (χ2v) is 7.51. The monoisotopic (exact) mass is 306 g/mol. The van der Waals surface area contributed by atoms with Gasteiger partial charge in [0, 0.05) is 36.4 Å². The molecule has 3 heteroatoms. The molecule has 0 bridgehead atoms. The van der Waals surface area contributed by atoms with Gasteiger partial charge in [-0.15, -0.1) is 0 Å². The van der Waals surface area contributed by atoms with Crippen LogP contribution >= 0.6 is 11.6 Å². The highest BCUT2D eigenvalue weighted by Crippen LogP contribution is 2.36. The first-order valence-corrected chi connectivity index (χ1v) is 8.76. The smallest absolute Gasteiger partial charge is 0.0471 e. The molecular weight excluding hydrogens is 280 g/mol. The zero-order chi connectivity index (χ0) is 14.8. The summed E-state index contributed by atoms with van der Waals surface area (Å²) in [7, 11) is 0. The lowest BCUT2D eigenvalue weighted by atomic mass is 10.1. The van der Waals surface area contributed by atoms with Crippen molar-refractivity contribution in [3.8, 4) is 0 Å². The van der Waals surface area contributed by atoms with Gasteiger partial charge < -0.3 is 10.2 Å². The standard InChI is InChI=1S/C18H27ClN2/c1-13(2)20-10-16-7-8-17(9-18(16)19)21(11-14-3-4-14)12-15-5-6-15/h7-9,13-15,20H,3-6,10-12H2,1-2H3. The van der Waals surface area contributed by atoms with Gasteiger partial charge in [0.2, 0.25) is 0 Å². The predicted octanol–water partition coefficient (Wildman–Crippen LogP) is 4.46. The van der Waals surface area contributed by atoms with Gasteiger partial charge in [0.1, 0.15) is 0 Å². The van der Waals surface area contributed by atoms with Crippen molar-refractivity contribution in [3.05, 3.63) is 28.8 Å². The number of hydrogen-bond acceptors (Lipinski definition) is 2. The fourth-order valence-corrected chi connectivity index (χ4v) is 2.94. The lowest BCUT2D eigenvalue weighted by Crippen LogP contribution is -2.28. The quantitative estimate of drug-likeness (QED) is 0.762. The topological polar surface area (TPSA) is 15.3 Å². The van der Waals surface area contributed by atoms with Crippen LogP contribution in [0.25, 0.3) is 0 Å². The van der Waals surface area contributed by atoms with Crippen molar-refractivity contribution in [2.24, 2.45) is 11.8 Å². The highest BCUT2D eigenvalue weighted by molar-refractivity contribution is 6.31. The second-order valence-electron chi connectivity index (χ2n) is 7.10. The molecule has 0 amide bonds. The van der Waals surface area contributed by atoms with E-state index in [0.29, 0.717) is 6.04 Å². The third-order valence-corrected chi connectivity index (χ3v) is 4.81. The molecule has 0 unspecified atom stereocenters.